The Kier molecular flexibility index (Phi) is 4.45. The molecule has 1 N–H and O–H groups in total. The summed E-state index contributed by atoms with van der Waals surface area (Å²) < 4.78 is 10.9. The Hall–Kier alpha value is -0.820. The number of nitrogens with one attached hydrogen (secondary N) is 1. The molecule has 2 heterocycles. The summed E-state index contributed by atoms with van der Waals surface area (Å²) in [6.07, 6.45) is 0. The van der Waals surface area contributed by atoms with Gasteiger partial charge in [-0.25, -0.2) is 4.98 Å². The van der Waals surface area contributed by atoms with Gasteiger partial charge in [0, 0.05) is 31.4 Å². The normalized spacial score (nSPS) is 10.9. The molecule has 18 heavy (non-hydrogen) atoms. The Morgan fingerprint density at radius 3 is 2.89 bits per heavy atom. The summed E-state index contributed by atoms with van der Waals surface area (Å²) in [5.74, 6) is 0.674. The molecule has 2 rings (SSSR count). The first-order chi connectivity index (χ1) is 8.61. The lowest BCUT2D eigenvalue weighted by Crippen LogP contribution is -2.04. The van der Waals surface area contributed by atoms with Crippen LogP contribution < -0.4 is 5.32 Å². The van der Waals surface area contributed by atoms with Crippen molar-refractivity contribution in [2.75, 3.05) is 12.4 Å². The second-order valence-corrected chi connectivity index (χ2v) is 5.15. The van der Waals surface area contributed by atoms with E-state index in [4.69, 9.17) is 27.9 Å². The Labute approximate surface area is 119 Å². The topological polar surface area (TPSA) is 52.0 Å². The van der Waals surface area contributed by atoms with Crippen molar-refractivity contribution in [2.45, 2.75) is 13.2 Å². The molecule has 0 saturated heterocycles. The van der Waals surface area contributed by atoms with Crippen LogP contribution >= 0.6 is 34.7 Å². The molecule has 0 fully saturated rings. The molecule has 2 aromatic rings. The maximum atomic E-state index is 5.99. The van der Waals surface area contributed by atoms with Crippen LogP contribution in [-0.4, -0.2) is 21.0 Å². The molecule has 0 amide bonds. The van der Waals surface area contributed by atoms with Crippen molar-refractivity contribution in [3.05, 3.63) is 27.8 Å². The van der Waals surface area contributed by atoms with Gasteiger partial charge >= 0.3 is 0 Å². The summed E-state index contributed by atoms with van der Waals surface area (Å²) in [5.41, 5.74) is 0.980. The summed E-state index contributed by atoms with van der Waals surface area (Å²) in [5, 5.41) is 5.00. The minimum atomic E-state index is 0.417. The maximum absolute atomic E-state index is 5.99. The van der Waals surface area contributed by atoms with Crippen LogP contribution in [0.4, 0.5) is 5.13 Å². The summed E-state index contributed by atoms with van der Waals surface area (Å²) in [6.45, 7) is 1.00. The highest BCUT2D eigenvalue weighted by Gasteiger charge is 2.09. The van der Waals surface area contributed by atoms with Crippen molar-refractivity contribution in [1.82, 2.24) is 13.9 Å². The molecule has 0 spiro atoms. The lowest BCUT2D eigenvalue weighted by molar-refractivity contribution is 0.179. The molecule has 0 bridgehead atoms. The summed E-state index contributed by atoms with van der Waals surface area (Å²) in [7, 11) is 3.48. The van der Waals surface area contributed by atoms with Gasteiger partial charge in [0.1, 0.15) is 11.8 Å². The Morgan fingerprint density at radius 1 is 1.50 bits per heavy atom. The first-order valence-corrected chi connectivity index (χ1v) is 6.69. The third kappa shape index (κ3) is 2.95. The van der Waals surface area contributed by atoms with Gasteiger partial charge in [0.05, 0.1) is 11.6 Å². The van der Waals surface area contributed by atoms with Crippen molar-refractivity contribution >= 4 is 39.9 Å². The van der Waals surface area contributed by atoms with Gasteiger partial charge in [-0.15, -0.1) is 0 Å². The third-order valence-corrected chi connectivity index (χ3v) is 3.93. The van der Waals surface area contributed by atoms with Gasteiger partial charge in [-0.1, -0.05) is 23.2 Å². The number of rotatable bonds is 5. The lowest BCUT2D eigenvalue weighted by Gasteiger charge is -2.04. The molecule has 8 heteroatoms. The zero-order valence-corrected chi connectivity index (χ0v) is 12.2. The van der Waals surface area contributed by atoms with Crippen LogP contribution in [0.25, 0.3) is 0 Å². The second kappa shape index (κ2) is 5.88. The minimum absolute atomic E-state index is 0.417. The first-order valence-electron chi connectivity index (χ1n) is 5.16. The fourth-order valence-electron chi connectivity index (χ4n) is 1.44. The Morgan fingerprint density at radius 2 is 2.28 bits per heavy atom. The number of methoxy groups -OCH3 is 1. The number of hydrogen-bond acceptors (Lipinski definition) is 5. The highest BCUT2D eigenvalue weighted by molar-refractivity contribution is 7.09. The number of halogens is 2. The number of aromatic nitrogens is 3. The van der Waals surface area contributed by atoms with E-state index in [0.29, 0.717) is 29.2 Å². The highest BCUT2D eigenvalue weighted by atomic mass is 35.5. The van der Waals surface area contributed by atoms with Crippen molar-refractivity contribution in [3.63, 3.8) is 0 Å². The van der Waals surface area contributed by atoms with E-state index >= 15 is 0 Å². The van der Waals surface area contributed by atoms with Crippen molar-refractivity contribution in [3.8, 4) is 0 Å². The molecule has 0 unspecified atom stereocenters. The largest absolute Gasteiger partial charge is 0.377 e. The summed E-state index contributed by atoms with van der Waals surface area (Å²) >= 11 is 13.2. The van der Waals surface area contributed by atoms with Crippen LogP contribution in [0, 0.1) is 0 Å². The third-order valence-electron chi connectivity index (χ3n) is 2.38. The van der Waals surface area contributed by atoms with E-state index in [1.54, 1.807) is 7.11 Å². The van der Waals surface area contributed by atoms with E-state index in [1.165, 1.54) is 11.5 Å². The fraction of sp³-hybridized carbons (Fsp3) is 0.400. The van der Waals surface area contributed by atoms with Crippen LogP contribution in [0.5, 0.6) is 0 Å². The van der Waals surface area contributed by atoms with E-state index in [-0.39, 0.29) is 0 Å². The molecule has 0 aliphatic rings. The molecule has 0 radical (unpaired) electrons. The van der Waals surface area contributed by atoms with E-state index in [1.807, 2.05) is 17.7 Å². The molecule has 2 aromatic heterocycles. The lowest BCUT2D eigenvalue weighted by atomic mass is 10.4. The quantitative estimate of drug-likeness (QED) is 0.923. The fourth-order valence-corrected chi connectivity index (χ4v) is 2.42. The molecular formula is C10H12Cl2N4OS. The highest BCUT2D eigenvalue weighted by Crippen LogP contribution is 2.25. The average Bonchev–Trinajstić information content (AvgIpc) is 2.88. The van der Waals surface area contributed by atoms with Gasteiger partial charge in [0.2, 0.25) is 5.13 Å². The summed E-state index contributed by atoms with van der Waals surface area (Å²) in [4.78, 5) is 4.27. The first kappa shape index (κ1) is 13.6. The molecule has 0 aliphatic heterocycles. The zero-order chi connectivity index (χ0) is 13.1. The van der Waals surface area contributed by atoms with E-state index in [0.717, 1.165) is 10.8 Å². The van der Waals surface area contributed by atoms with Gasteiger partial charge in [-0.2, -0.15) is 4.37 Å². The molecule has 0 aliphatic carbocycles. The van der Waals surface area contributed by atoms with E-state index in [2.05, 4.69) is 14.7 Å². The smallest absolute Gasteiger partial charge is 0.202 e. The number of ether oxygens (including phenoxy) is 1. The predicted molar refractivity (Wildman–Crippen MR) is 73.4 cm³/mol. The monoisotopic (exact) mass is 306 g/mol. The summed E-state index contributed by atoms with van der Waals surface area (Å²) in [6, 6.07) is 1.83. The SMILES string of the molecule is COCc1nsc(NCc2cc(Cl)c(Cl)n2C)n1. The molecule has 98 valence electrons. The van der Waals surface area contributed by atoms with Gasteiger partial charge < -0.3 is 14.6 Å². The van der Waals surface area contributed by atoms with Crippen molar-refractivity contribution in [1.29, 1.82) is 0 Å². The maximum Gasteiger partial charge on any atom is 0.202 e. The standard InChI is InChI=1S/C10H12Cl2N4OS/c1-16-6(3-7(11)9(16)12)4-13-10-14-8(5-17-2)15-18-10/h3H,4-5H2,1-2H3,(H,13,14,15). The molecule has 5 nitrogen and oxygen atoms in total. The van der Waals surface area contributed by atoms with E-state index in [9.17, 15) is 0 Å². The van der Waals surface area contributed by atoms with Crippen LogP contribution in [0.2, 0.25) is 10.2 Å². The molecule has 0 saturated carbocycles. The number of hydrogen-bond donors (Lipinski definition) is 1. The van der Waals surface area contributed by atoms with Gasteiger partial charge in [-0.05, 0) is 6.07 Å². The van der Waals surface area contributed by atoms with Crippen LogP contribution in [-0.2, 0) is 24.9 Å². The van der Waals surface area contributed by atoms with Gasteiger partial charge in [0.15, 0.2) is 5.82 Å². The van der Waals surface area contributed by atoms with Crippen molar-refractivity contribution < 1.29 is 4.74 Å². The molecular weight excluding hydrogens is 295 g/mol. The van der Waals surface area contributed by atoms with Gasteiger partial charge in [0.25, 0.3) is 0 Å². The average molecular weight is 307 g/mol. The van der Waals surface area contributed by atoms with Crippen LogP contribution in [0.1, 0.15) is 11.5 Å². The van der Waals surface area contributed by atoms with Gasteiger partial charge in [-0.3, -0.25) is 0 Å². The Bertz CT molecular complexity index is 540. The predicted octanol–water partition coefficient (Wildman–Crippen LogP) is 2.94. The van der Waals surface area contributed by atoms with Crippen molar-refractivity contribution in [2.24, 2.45) is 7.05 Å². The minimum Gasteiger partial charge on any atom is -0.377 e. The van der Waals surface area contributed by atoms with Crippen LogP contribution in [0.15, 0.2) is 6.07 Å². The molecule has 0 atom stereocenters. The number of anilines is 1. The second-order valence-electron chi connectivity index (χ2n) is 3.64. The van der Waals surface area contributed by atoms with E-state index < -0.39 is 0 Å². The zero-order valence-electron chi connectivity index (χ0n) is 9.91. The van der Waals surface area contributed by atoms with Crippen LogP contribution in [0.3, 0.4) is 0 Å². The Balaban J connectivity index is 2.00. The molecule has 0 aromatic carbocycles. The number of nitrogens with zero attached hydrogens (tertiary/aromatic N) is 3.